The van der Waals surface area contributed by atoms with Crippen LogP contribution in [-0.4, -0.2) is 11.9 Å². The molecule has 1 N–H and O–H groups in total. The Bertz CT molecular complexity index is 369. The maximum Gasteiger partial charge on any atom is 0.240 e. The van der Waals surface area contributed by atoms with Crippen LogP contribution in [0.15, 0.2) is 0 Å². The maximum absolute atomic E-state index is 12.3. The van der Waals surface area contributed by atoms with Crippen LogP contribution < -0.4 is 5.32 Å². The van der Waals surface area contributed by atoms with Gasteiger partial charge < -0.3 is 5.32 Å². The zero-order valence-corrected chi connectivity index (χ0v) is 13.0. The van der Waals surface area contributed by atoms with Crippen LogP contribution in [0, 0.1) is 28.6 Å². The molecule has 0 bridgehead atoms. The molecule has 1 amide bonds. The van der Waals surface area contributed by atoms with Gasteiger partial charge in [0.25, 0.3) is 0 Å². The Morgan fingerprint density at radius 2 is 1.75 bits per heavy atom. The predicted molar refractivity (Wildman–Crippen MR) is 79.9 cm³/mol. The summed E-state index contributed by atoms with van der Waals surface area (Å²) < 4.78 is 0. The zero-order chi connectivity index (χ0) is 14.6. The Morgan fingerprint density at radius 1 is 1.15 bits per heavy atom. The van der Waals surface area contributed by atoms with Crippen molar-refractivity contribution >= 4 is 5.91 Å². The molecule has 2 saturated carbocycles. The van der Waals surface area contributed by atoms with Crippen molar-refractivity contribution in [2.24, 2.45) is 17.3 Å². The lowest BCUT2D eigenvalue weighted by molar-refractivity contribution is -0.130. The van der Waals surface area contributed by atoms with Gasteiger partial charge in [0.2, 0.25) is 5.91 Å². The lowest BCUT2D eigenvalue weighted by atomic mass is 9.67. The molecule has 2 aliphatic rings. The highest BCUT2D eigenvalue weighted by atomic mass is 16.2. The molecule has 0 aliphatic heterocycles. The zero-order valence-electron chi connectivity index (χ0n) is 13.0. The monoisotopic (exact) mass is 276 g/mol. The first-order chi connectivity index (χ1) is 9.65. The van der Waals surface area contributed by atoms with Gasteiger partial charge in [-0.1, -0.05) is 46.0 Å². The number of rotatable bonds is 5. The normalized spacial score (nSPS) is 27.4. The SMILES string of the molecule is CCC(C#N)(CC)C(=O)NC1CC(C2CCCCC2)C1. The van der Waals surface area contributed by atoms with Gasteiger partial charge >= 0.3 is 0 Å². The minimum absolute atomic E-state index is 0.0444. The van der Waals surface area contributed by atoms with Crippen molar-refractivity contribution in [1.82, 2.24) is 5.32 Å². The molecule has 3 nitrogen and oxygen atoms in total. The molecule has 20 heavy (non-hydrogen) atoms. The highest BCUT2D eigenvalue weighted by Crippen LogP contribution is 2.41. The minimum Gasteiger partial charge on any atom is -0.352 e. The van der Waals surface area contributed by atoms with Gasteiger partial charge in [0.05, 0.1) is 6.07 Å². The standard InChI is InChI=1S/C17H28N2O/c1-3-17(4-2,12-18)16(20)19-15-10-14(11-15)13-8-6-5-7-9-13/h13-15H,3-11H2,1-2H3,(H,19,20). The van der Waals surface area contributed by atoms with E-state index >= 15 is 0 Å². The second kappa shape index (κ2) is 6.61. The molecule has 0 radical (unpaired) electrons. The lowest BCUT2D eigenvalue weighted by Gasteiger charge is -2.43. The van der Waals surface area contributed by atoms with Crippen molar-refractivity contribution in [3.8, 4) is 6.07 Å². The Labute approximate surface area is 123 Å². The van der Waals surface area contributed by atoms with E-state index in [1.54, 1.807) is 0 Å². The predicted octanol–water partition coefficient (Wildman–Crippen LogP) is 3.79. The number of nitrogens with one attached hydrogen (secondary N) is 1. The molecular weight excluding hydrogens is 248 g/mol. The lowest BCUT2D eigenvalue weighted by Crippen LogP contribution is -2.51. The highest BCUT2D eigenvalue weighted by molar-refractivity contribution is 5.85. The fraction of sp³-hybridized carbons (Fsp3) is 0.882. The first-order valence-electron chi connectivity index (χ1n) is 8.37. The number of amides is 1. The van der Waals surface area contributed by atoms with Crippen LogP contribution in [0.3, 0.4) is 0 Å². The third-order valence-corrected chi connectivity index (χ3v) is 5.68. The molecule has 3 heteroatoms. The number of hydrogen-bond acceptors (Lipinski definition) is 2. The second-order valence-electron chi connectivity index (χ2n) is 6.70. The van der Waals surface area contributed by atoms with E-state index in [1.807, 2.05) is 13.8 Å². The van der Waals surface area contributed by atoms with Gasteiger partial charge in [-0.05, 0) is 37.5 Å². The fourth-order valence-electron chi connectivity index (χ4n) is 3.87. The molecule has 112 valence electrons. The largest absolute Gasteiger partial charge is 0.352 e. The Balaban J connectivity index is 1.79. The third-order valence-electron chi connectivity index (χ3n) is 5.68. The van der Waals surface area contributed by atoms with E-state index in [4.69, 9.17) is 0 Å². The number of nitriles is 1. The molecule has 0 aromatic heterocycles. The summed E-state index contributed by atoms with van der Waals surface area (Å²) in [5, 5.41) is 12.4. The second-order valence-corrected chi connectivity index (χ2v) is 6.70. The van der Waals surface area contributed by atoms with E-state index in [0.717, 1.165) is 24.7 Å². The highest BCUT2D eigenvalue weighted by Gasteiger charge is 2.40. The third kappa shape index (κ3) is 3.00. The Morgan fingerprint density at radius 3 is 2.25 bits per heavy atom. The molecule has 2 aliphatic carbocycles. The summed E-state index contributed by atoms with van der Waals surface area (Å²) in [7, 11) is 0. The van der Waals surface area contributed by atoms with Crippen molar-refractivity contribution in [1.29, 1.82) is 5.26 Å². The van der Waals surface area contributed by atoms with Crippen LogP contribution in [-0.2, 0) is 4.79 Å². The topological polar surface area (TPSA) is 52.9 Å². The summed E-state index contributed by atoms with van der Waals surface area (Å²) in [6, 6.07) is 2.55. The van der Waals surface area contributed by atoms with Crippen molar-refractivity contribution in [2.75, 3.05) is 0 Å². The molecule has 0 aromatic rings. The molecular formula is C17H28N2O. The van der Waals surface area contributed by atoms with E-state index in [2.05, 4.69) is 11.4 Å². The number of carbonyl (C=O) groups is 1. The first-order valence-corrected chi connectivity index (χ1v) is 8.37. The van der Waals surface area contributed by atoms with Crippen LogP contribution >= 0.6 is 0 Å². The first kappa shape index (κ1) is 15.4. The van der Waals surface area contributed by atoms with Gasteiger partial charge in [0.15, 0.2) is 0 Å². The Kier molecular flexibility index (Phi) is 5.07. The molecule has 0 atom stereocenters. The number of hydrogen-bond donors (Lipinski definition) is 1. The van der Waals surface area contributed by atoms with E-state index < -0.39 is 5.41 Å². The van der Waals surface area contributed by atoms with E-state index in [-0.39, 0.29) is 5.91 Å². The van der Waals surface area contributed by atoms with Crippen LogP contribution in [0.1, 0.15) is 71.6 Å². The summed E-state index contributed by atoms with van der Waals surface area (Å²) in [5.74, 6) is 1.67. The molecule has 0 unspecified atom stereocenters. The summed E-state index contributed by atoms with van der Waals surface area (Å²) in [6.45, 7) is 3.86. The van der Waals surface area contributed by atoms with E-state index in [1.165, 1.54) is 32.1 Å². The van der Waals surface area contributed by atoms with Crippen molar-refractivity contribution < 1.29 is 4.79 Å². The average molecular weight is 276 g/mol. The van der Waals surface area contributed by atoms with E-state index in [0.29, 0.717) is 18.9 Å². The summed E-state index contributed by atoms with van der Waals surface area (Å²) in [6.07, 6.45) is 10.4. The van der Waals surface area contributed by atoms with Crippen molar-refractivity contribution in [3.05, 3.63) is 0 Å². The van der Waals surface area contributed by atoms with Gasteiger partial charge in [0, 0.05) is 6.04 Å². The number of nitrogens with zero attached hydrogens (tertiary/aromatic N) is 1. The summed E-state index contributed by atoms with van der Waals surface area (Å²) in [5.41, 5.74) is -0.810. The molecule has 0 saturated heterocycles. The van der Waals surface area contributed by atoms with Crippen molar-refractivity contribution in [3.63, 3.8) is 0 Å². The molecule has 0 aromatic carbocycles. The van der Waals surface area contributed by atoms with Gasteiger partial charge in [-0.3, -0.25) is 4.79 Å². The summed E-state index contributed by atoms with van der Waals surface area (Å²) >= 11 is 0. The average Bonchev–Trinajstić information content (AvgIpc) is 2.46. The molecule has 0 spiro atoms. The van der Waals surface area contributed by atoms with Gasteiger partial charge in [-0.2, -0.15) is 5.26 Å². The van der Waals surface area contributed by atoms with E-state index in [9.17, 15) is 10.1 Å². The van der Waals surface area contributed by atoms with Gasteiger partial charge in [0.1, 0.15) is 5.41 Å². The Hall–Kier alpha value is -1.04. The number of carbonyl (C=O) groups excluding carboxylic acids is 1. The maximum atomic E-state index is 12.3. The van der Waals surface area contributed by atoms with Crippen LogP contribution in [0.4, 0.5) is 0 Å². The van der Waals surface area contributed by atoms with Gasteiger partial charge in [-0.25, -0.2) is 0 Å². The van der Waals surface area contributed by atoms with Gasteiger partial charge in [-0.15, -0.1) is 0 Å². The van der Waals surface area contributed by atoms with Crippen LogP contribution in [0.5, 0.6) is 0 Å². The van der Waals surface area contributed by atoms with Crippen molar-refractivity contribution in [2.45, 2.75) is 77.7 Å². The molecule has 0 heterocycles. The molecule has 2 rings (SSSR count). The van der Waals surface area contributed by atoms with Crippen LogP contribution in [0.2, 0.25) is 0 Å². The molecule has 2 fully saturated rings. The smallest absolute Gasteiger partial charge is 0.240 e. The minimum atomic E-state index is -0.810. The van der Waals surface area contributed by atoms with Crippen LogP contribution in [0.25, 0.3) is 0 Å². The summed E-state index contributed by atoms with van der Waals surface area (Å²) in [4.78, 5) is 12.3. The quantitative estimate of drug-likeness (QED) is 0.830. The fourth-order valence-corrected chi connectivity index (χ4v) is 3.87.